The smallest absolute Gasteiger partial charge is 0.325 e. The zero-order valence-corrected chi connectivity index (χ0v) is 16.4. The Balaban J connectivity index is 1.63. The Morgan fingerprint density at radius 1 is 0.967 bits per heavy atom. The van der Waals surface area contributed by atoms with Crippen molar-refractivity contribution >= 4 is 15.7 Å². The Bertz CT molecular complexity index is 1450. The molecule has 0 spiro atoms. The lowest BCUT2D eigenvalue weighted by atomic mass is 10.1. The van der Waals surface area contributed by atoms with Gasteiger partial charge in [0.1, 0.15) is 0 Å². The lowest BCUT2D eigenvalue weighted by Crippen LogP contribution is -2.29. The number of hydrogen-bond donors (Lipinski definition) is 3. The van der Waals surface area contributed by atoms with E-state index in [2.05, 4.69) is 19.9 Å². The predicted molar refractivity (Wildman–Crippen MR) is 108 cm³/mol. The van der Waals surface area contributed by atoms with Gasteiger partial charge in [-0.1, -0.05) is 23.8 Å². The first-order chi connectivity index (χ1) is 14.3. The number of nitrogens with zero attached hydrogens (tertiary/aromatic N) is 2. The van der Waals surface area contributed by atoms with Gasteiger partial charge in [-0.3, -0.25) is 14.5 Å². The molecule has 0 fully saturated rings. The van der Waals surface area contributed by atoms with E-state index in [1.54, 1.807) is 12.1 Å². The molecule has 3 N–H and O–H groups in total. The molecule has 0 atom stereocenters. The third kappa shape index (κ3) is 3.91. The molecule has 4 rings (SSSR count). The Morgan fingerprint density at radius 2 is 1.63 bits per heavy atom. The van der Waals surface area contributed by atoms with E-state index in [9.17, 15) is 18.0 Å². The standard InChI is InChI=1S/C19H15N5O5S/c1-11-4-2-5-12(8-11)17-22-23-18(29-17)13-6-3-7-14(9-13)24-30(27,28)15-10-20-19(26)21-16(15)25/h2-10,24H,1H3,(H2,20,21,25,26). The van der Waals surface area contributed by atoms with Crippen molar-refractivity contribution in [2.45, 2.75) is 11.8 Å². The highest BCUT2D eigenvalue weighted by molar-refractivity contribution is 7.92. The van der Waals surface area contributed by atoms with Crippen LogP contribution in [0.5, 0.6) is 0 Å². The summed E-state index contributed by atoms with van der Waals surface area (Å²) in [6.45, 7) is 1.95. The Kier molecular flexibility index (Phi) is 4.80. The highest BCUT2D eigenvalue weighted by atomic mass is 32.2. The van der Waals surface area contributed by atoms with Crippen LogP contribution in [0.2, 0.25) is 0 Å². The lowest BCUT2D eigenvalue weighted by molar-refractivity contribution is 0.584. The van der Waals surface area contributed by atoms with Gasteiger partial charge in [-0.2, -0.15) is 0 Å². The largest absolute Gasteiger partial charge is 0.416 e. The van der Waals surface area contributed by atoms with Gasteiger partial charge in [0.05, 0.1) is 0 Å². The molecule has 11 heteroatoms. The number of H-pyrrole nitrogens is 2. The molecule has 0 aliphatic rings. The average molecular weight is 425 g/mol. The summed E-state index contributed by atoms with van der Waals surface area (Å²) in [5, 5.41) is 8.06. The molecule has 0 radical (unpaired) electrons. The number of anilines is 1. The number of benzene rings is 2. The summed E-state index contributed by atoms with van der Waals surface area (Å²) in [5.41, 5.74) is 0.637. The van der Waals surface area contributed by atoms with Crippen molar-refractivity contribution in [3.05, 3.63) is 81.1 Å². The van der Waals surface area contributed by atoms with Crippen molar-refractivity contribution < 1.29 is 12.8 Å². The number of aryl methyl sites for hydroxylation is 1. The van der Waals surface area contributed by atoms with Gasteiger partial charge in [-0.15, -0.1) is 10.2 Å². The number of sulfonamides is 1. The van der Waals surface area contributed by atoms with Gasteiger partial charge in [0.25, 0.3) is 15.6 Å². The molecular weight excluding hydrogens is 410 g/mol. The third-order valence-corrected chi connectivity index (χ3v) is 5.51. The van der Waals surface area contributed by atoms with Crippen molar-refractivity contribution in [3.63, 3.8) is 0 Å². The van der Waals surface area contributed by atoms with Gasteiger partial charge in [0.2, 0.25) is 11.8 Å². The number of rotatable bonds is 5. The van der Waals surface area contributed by atoms with Crippen LogP contribution < -0.4 is 16.0 Å². The van der Waals surface area contributed by atoms with Crippen LogP contribution in [0.1, 0.15) is 5.56 Å². The average Bonchev–Trinajstić information content (AvgIpc) is 3.18. The van der Waals surface area contributed by atoms with Gasteiger partial charge >= 0.3 is 5.69 Å². The molecule has 10 nitrogen and oxygen atoms in total. The summed E-state index contributed by atoms with van der Waals surface area (Å²) < 4.78 is 33.0. The molecule has 30 heavy (non-hydrogen) atoms. The first-order valence-corrected chi connectivity index (χ1v) is 10.2. The number of aromatic nitrogens is 4. The third-order valence-electron chi connectivity index (χ3n) is 4.13. The Hall–Kier alpha value is -3.99. The van der Waals surface area contributed by atoms with Crippen LogP contribution >= 0.6 is 0 Å². The number of nitrogens with one attached hydrogen (secondary N) is 3. The fourth-order valence-electron chi connectivity index (χ4n) is 2.76. The molecule has 0 aliphatic heterocycles. The van der Waals surface area contributed by atoms with Gasteiger partial charge in [0, 0.05) is 23.0 Å². The van der Waals surface area contributed by atoms with Crippen molar-refractivity contribution in [1.82, 2.24) is 20.2 Å². The summed E-state index contributed by atoms with van der Waals surface area (Å²) in [4.78, 5) is 26.3. The second kappa shape index (κ2) is 7.44. The summed E-state index contributed by atoms with van der Waals surface area (Å²) in [6, 6.07) is 13.8. The molecule has 0 saturated carbocycles. The zero-order chi connectivity index (χ0) is 21.3. The van der Waals surface area contributed by atoms with Crippen molar-refractivity contribution in [2.75, 3.05) is 4.72 Å². The SMILES string of the molecule is Cc1cccc(-c2nnc(-c3cccc(NS(=O)(=O)c4c[nH]c(=O)[nH]c4=O)c3)o2)c1. The molecule has 0 unspecified atom stereocenters. The maximum atomic E-state index is 12.5. The quantitative estimate of drug-likeness (QED) is 0.442. The lowest BCUT2D eigenvalue weighted by Gasteiger charge is -2.07. The fourth-order valence-corrected chi connectivity index (χ4v) is 3.81. The molecular formula is C19H15N5O5S. The van der Waals surface area contributed by atoms with Crippen LogP contribution in [0.15, 0.2) is 73.6 Å². The highest BCUT2D eigenvalue weighted by Gasteiger charge is 2.19. The highest BCUT2D eigenvalue weighted by Crippen LogP contribution is 2.26. The van der Waals surface area contributed by atoms with E-state index in [1.165, 1.54) is 12.1 Å². The fraction of sp³-hybridized carbons (Fsp3) is 0.0526. The van der Waals surface area contributed by atoms with Crippen LogP contribution in [0.3, 0.4) is 0 Å². The minimum absolute atomic E-state index is 0.174. The molecule has 2 aromatic carbocycles. The molecule has 0 bridgehead atoms. The van der Waals surface area contributed by atoms with Gasteiger partial charge < -0.3 is 9.40 Å². The van der Waals surface area contributed by atoms with E-state index in [-0.39, 0.29) is 11.6 Å². The molecule has 152 valence electrons. The maximum Gasteiger partial charge on any atom is 0.325 e. The van der Waals surface area contributed by atoms with Crippen molar-refractivity contribution in [2.24, 2.45) is 0 Å². The molecule has 0 amide bonds. The molecule has 2 heterocycles. The number of hydrogen-bond acceptors (Lipinski definition) is 7. The van der Waals surface area contributed by atoms with Gasteiger partial charge in [-0.05, 0) is 37.3 Å². The Morgan fingerprint density at radius 3 is 2.30 bits per heavy atom. The zero-order valence-electron chi connectivity index (χ0n) is 15.5. The van der Waals surface area contributed by atoms with Crippen LogP contribution in [0.25, 0.3) is 22.9 Å². The van der Waals surface area contributed by atoms with Crippen LogP contribution in [-0.4, -0.2) is 28.6 Å². The van der Waals surface area contributed by atoms with Gasteiger partial charge in [0.15, 0.2) is 4.90 Å². The van der Waals surface area contributed by atoms with Crippen molar-refractivity contribution in [3.8, 4) is 22.9 Å². The van der Waals surface area contributed by atoms with E-state index >= 15 is 0 Å². The number of aromatic amines is 2. The van der Waals surface area contributed by atoms with E-state index in [4.69, 9.17) is 4.42 Å². The second-order valence-electron chi connectivity index (χ2n) is 6.40. The van der Waals surface area contributed by atoms with E-state index in [1.807, 2.05) is 36.2 Å². The van der Waals surface area contributed by atoms with Crippen molar-refractivity contribution in [1.29, 1.82) is 0 Å². The summed E-state index contributed by atoms with van der Waals surface area (Å²) in [7, 11) is -4.23. The van der Waals surface area contributed by atoms with E-state index in [0.717, 1.165) is 17.3 Å². The monoisotopic (exact) mass is 425 g/mol. The molecule has 0 saturated heterocycles. The topological polar surface area (TPSA) is 151 Å². The van der Waals surface area contributed by atoms with Crippen LogP contribution in [0.4, 0.5) is 5.69 Å². The summed E-state index contributed by atoms with van der Waals surface area (Å²) in [6.07, 6.45) is 0.833. The summed E-state index contributed by atoms with van der Waals surface area (Å²) >= 11 is 0. The van der Waals surface area contributed by atoms with Crippen LogP contribution in [0, 0.1) is 6.92 Å². The van der Waals surface area contributed by atoms with E-state index in [0.29, 0.717) is 11.5 Å². The molecule has 4 aromatic rings. The molecule has 0 aliphatic carbocycles. The Labute approximate surface area is 169 Å². The predicted octanol–water partition coefficient (Wildman–Crippen LogP) is 1.89. The van der Waals surface area contributed by atoms with Gasteiger partial charge in [-0.25, -0.2) is 13.2 Å². The normalized spacial score (nSPS) is 11.4. The second-order valence-corrected chi connectivity index (χ2v) is 8.06. The minimum atomic E-state index is -4.23. The minimum Gasteiger partial charge on any atom is -0.416 e. The first-order valence-electron chi connectivity index (χ1n) is 8.68. The maximum absolute atomic E-state index is 12.5. The first kappa shape index (κ1) is 19.3. The molecule has 2 aromatic heterocycles. The summed E-state index contributed by atoms with van der Waals surface area (Å²) in [5.74, 6) is 0.536. The van der Waals surface area contributed by atoms with Crippen LogP contribution in [-0.2, 0) is 10.0 Å². The van der Waals surface area contributed by atoms with E-state index < -0.39 is 26.2 Å².